The highest BCUT2D eigenvalue weighted by atomic mass is 127. The number of anilines is 1. The fourth-order valence-corrected chi connectivity index (χ4v) is 1.61. The molecule has 6 heteroatoms. The van der Waals surface area contributed by atoms with Gasteiger partial charge in [-0.25, -0.2) is 14.8 Å². The monoisotopic (exact) mass is 321 g/mol. The molecule has 0 saturated heterocycles. The first kappa shape index (κ1) is 12.2. The number of methoxy groups -OCH3 is 1. The number of hydrogen-bond donors (Lipinski definition) is 1. The molecule has 1 rings (SSSR count). The predicted molar refractivity (Wildman–Crippen MR) is 64.5 cm³/mol. The Balaban J connectivity index is 3.16. The number of nitrogens with two attached hydrogens (primary N) is 1. The lowest BCUT2D eigenvalue weighted by atomic mass is 10.2. The number of halogens is 1. The van der Waals surface area contributed by atoms with Crippen LogP contribution in [0, 0.1) is 3.57 Å². The van der Waals surface area contributed by atoms with E-state index in [0.717, 1.165) is 22.1 Å². The van der Waals surface area contributed by atoms with E-state index < -0.39 is 5.97 Å². The molecule has 0 aliphatic rings. The lowest BCUT2D eigenvalue weighted by molar-refractivity contribution is 0.0586. The summed E-state index contributed by atoms with van der Waals surface area (Å²) in [4.78, 5) is 19.2. The smallest absolute Gasteiger partial charge is 0.376 e. The van der Waals surface area contributed by atoms with Crippen molar-refractivity contribution in [1.29, 1.82) is 0 Å². The van der Waals surface area contributed by atoms with Crippen molar-refractivity contribution in [1.82, 2.24) is 9.97 Å². The zero-order chi connectivity index (χ0) is 11.4. The number of carbonyl (C=O) groups excluding carboxylic acids is 1. The molecule has 0 bridgehead atoms. The van der Waals surface area contributed by atoms with E-state index in [9.17, 15) is 4.79 Å². The molecule has 0 aliphatic carbocycles. The number of carbonyl (C=O) groups is 1. The third-order valence-electron chi connectivity index (χ3n) is 1.80. The quantitative estimate of drug-likeness (QED) is 0.673. The van der Waals surface area contributed by atoms with E-state index in [1.165, 1.54) is 7.11 Å². The Morgan fingerprint density at radius 1 is 1.53 bits per heavy atom. The molecule has 0 fully saturated rings. The average molecular weight is 321 g/mol. The lowest BCUT2D eigenvalue weighted by Gasteiger charge is -2.06. The molecule has 0 atom stereocenters. The van der Waals surface area contributed by atoms with Crippen molar-refractivity contribution in [3.8, 4) is 0 Å². The van der Waals surface area contributed by atoms with Gasteiger partial charge in [-0.1, -0.05) is 13.3 Å². The number of hydrogen-bond acceptors (Lipinski definition) is 5. The summed E-state index contributed by atoms with van der Waals surface area (Å²) >= 11 is 2.08. The summed E-state index contributed by atoms with van der Waals surface area (Å²) in [5.74, 6) is -0.205. The van der Waals surface area contributed by atoms with Crippen LogP contribution in [0.2, 0.25) is 0 Å². The minimum Gasteiger partial charge on any atom is -0.463 e. The van der Waals surface area contributed by atoms with Crippen LogP contribution in [0.15, 0.2) is 0 Å². The Bertz CT molecular complexity index is 382. The molecule has 2 N–H and O–H groups in total. The summed E-state index contributed by atoms with van der Waals surface area (Å²) in [7, 11) is 1.29. The van der Waals surface area contributed by atoms with Gasteiger partial charge in [0.15, 0.2) is 0 Å². The topological polar surface area (TPSA) is 78.1 Å². The highest BCUT2D eigenvalue weighted by molar-refractivity contribution is 14.1. The molecule has 1 heterocycles. The van der Waals surface area contributed by atoms with Crippen LogP contribution in [-0.2, 0) is 11.2 Å². The van der Waals surface area contributed by atoms with Crippen molar-refractivity contribution >= 4 is 34.4 Å². The molecule has 0 amide bonds. The Labute approximate surface area is 102 Å². The van der Waals surface area contributed by atoms with Crippen molar-refractivity contribution in [3.05, 3.63) is 15.1 Å². The maximum atomic E-state index is 11.2. The lowest BCUT2D eigenvalue weighted by Crippen LogP contribution is -2.13. The van der Waals surface area contributed by atoms with E-state index in [1.54, 1.807) is 0 Å². The fourth-order valence-electron chi connectivity index (χ4n) is 1.10. The van der Waals surface area contributed by atoms with Gasteiger partial charge in [-0.15, -0.1) is 0 Å². The summed E-state index contributed by atoms with van der Waals surface area (Å²) in [6.07, 6.45) is 1.71. The molecular formula is C9H12IN3O2. The number of esters is 1. The first-order chi connectivity index (χ1) is 7.10. The van der Waals surface area contributed by atoms with Crippen molar-refractivity contribution in [2.24, 2.45) is 0 Å². The van der Waals surface area contributed by atoms with Crippen LogP contribution >= 0.6 is 22.6 Å². The van der Waals surface area contributed by atoms with Crippen LogP contribution in [0.1, 0.15) is 29.7 Å². The zero-order valence-electron chi connectivity index (χ0n) is 8.58. The zero-order valence-corrected chi connectivity index (χ0v) is 10.7. The third-order valence-corrected chi connectivity index (χ3v) is 2.98. The summed E-state index contributed by atoms with van der Waals surface area (Å²) in [5.41, 5.74) is 6.48. The molecule has 0 spiro atoms. The van der Waals surface area contributed by atoms with E-state index in [1.807, 2.05) is 6.92 Å². The summed E-state index contributed by atoms with van der Waals surface area (Å²) in [6, 6.07) is 0. The molecule has 1 aromatic rings. The molecule has 0 unspecified atom stereocenters. The van der Waals surface area contributed by atoms with Gasteiger partial charge in [0.25, 0.3) is 0 Å². The molecule has 1 aromatic heterocycles. The van der Waals surface area contributed by atoms with Crippen LogP contribution in [-0.4, -0.2) is 23.0 Å². The highest BCUT2D eigenvalue weighted by Crippen LogP contribution is 2.17. The van der Waals surface area contributed by atoms with Gasteiger partial charge in [0, 0.05) is 0 Å². The Morgan fingerprint density at radius 2 is 2.20 bits per heavy atom. The number of aryl methyl sites for hydroxylation is 1. The summed E-state index contributed by atoms with van der Waals surface area (Å²) in [6.45, 7) is 2.03. The Kier molecular flexibility index (Phi) is 4.25. The maximum Gasteiger partial charge on any atom is 0.376 e. The van der Waals surface area contributed by atoms with Crippen LogP contribution < -0.4 is 5.73 Å². The van der Waals surface area contributed by atoms with Gasteiger partial charge < -0.3 is 10.5 Å². The van der Waals surface area contributed by atoms with E-state index in [0.29, 0.717) is 5.82 Å². The highest BCUT2D eigenvalue weighted by Gasteiger charge is 2.15. The van der Waals surface area contributed by atoms with Crippen molar-refractivity contribution in [2.45, 2.75) is 19.8 Å². The number of ether oxygens (including phenoxy) is 1. The number of nitrogens with zero attached hydrogens (tertiary/aromatic N) is 2. The fraction of sp³-hybridized carbons (Fsp3) is 0.444. The van der Waals surface area contributed by atoms with Gasteiger partial charge in [-0.3, -0.25) is 0 Å². The SMILES string of the molecule is CCCc1nc(C(=O)OC)nc(N)c1I. The Hall–Kier alpha value is -0.920. The molecule has 0 radical (unpaired) electrons. The number of aromatic nitrogens is 2. The number of rotatable bonds is 3. The van der Waals surface area contributed by atoms with Crippen molar-refractivity contribution in [3.63, 3.8) is 0 Å². The molecule has 0 aliphatic heterocycles. The molecule has 15 heavy (non-hydrogen) atoms. The average Bonchev–Trinajstić information content (AvgIpc) is 2.23. The third kappa shape index (κ3) is 2.77. The molecular weight excluding hydrogens is 309 g/mol. The van der Waals surface area contributed by atoms with Crippen LogP contribution in [0.3, 0.4) is 0 Å². The number of nitrogen functional groups attached to an aromatic ring is 1. The van der Waals surface area contributed by atoms with Crippen molar-refractivity contribution < 1.29 is 9.53 Å². The standard InChI is InChI=1S/C9H12IN3O2/c1-3-4-5-6(10)7(11)13-8(12-5)9(14)15-2/h3-4H2,1-2H3,(H2,11,12,13). The van der Waals surface area contributed by atoms with Gasteiger partial charge in [-0.2, -0.15) is 0 Å². The summed E-state index contributed by atoms with van der Waals surface area (Å²) in [5, 5.41) is 0. The Morgan fingerprint density at radius 3 is 2.73 bits per heavy atom. The van der Waals surface area contributed by atoms with E-state index >= 15 is 0 Å². The second-order valence-corrected chi connectivity index (χ2v) is 4.01. The minimum atomic E-state index is -0.560. The van der Waals surface area contributed by atoms with Gasteiger partial charge >= 0.3 is 5.97 Å². The first-order valence-corrected chi connectivity index (χ1v) is 5.58. The van der Waals surface area contributed by atoms with E-state index in [4.69, 9.17) is 5.73 Å². The van der Waals surface area contributed by atoms with Crippen LogP contribution in [0.5, 0.6) is 0 Å². The molecule has 5 nitrogen and oxygen atoms in total. The van der Waals surface area contributed by atoms with E-state index in [-0.39, 0.29) is 5.82 Å². The van der Waals surface area contributed by atoms with Gasteiger partial charge in [0.1, 0.15) is 5.82 Å². The maximum absolute atomic E-state index is 11.2. The van der Waals surface area contributed by atoms with Crippen molar-refractivity contribution in [2.75, 3.05) is 12.8 Å². The first-order valence-electron chi connectivity index (χ1n) is 4.50. The second kappa shape index (κ2) is 5.24. The van der Waals surface area contributed by atoms with Gasteiger partial charge in [0.2, 0.25) is 5.82 Å². The molecule has 0 aromatic carbocycles. The predicted octanol–water partition coefficient (Wildman–Crippen LogP) is 1.40. The normalized spacial score (nSPS) is 10.1. The van der Waals surface area contributed by atoms with Crippen LogP contribution in [0.25, 0.3) is 0 Å². The molecule has 82 valence electrons. The van der Waals surface area contributed by atoms with Crippen LogP contribution in [0.4, 0.5) is 5.82 Å². The second-order valence-electron chi connectivity index (χ2n) is 2.93. The molecule has 0 saturated carbocycles. The van der Waals surface area contributed by atoms with Gasteiger partial charge in [0.05, 0.1) is 16.4 Å². The van der Waals surface area contributed by atoms with E-state index in [2.05, 4.69) is 37.3 Å². The van der Waals surface area contributed by atoms with Gasteiger partial charge in [-0.05, 0) is 29.0 Å². The largest absolute Gasteiger partial charge is 0.463 e. The summed E-state index contributed by atoms with van der Waals surface area (Å²) < 4.78 is 5.35. The minimum absolute atomic E-state index is 0.0267.